The first-order chi connectivity index (χ1) is 17.6. The molecule has 0 fully saturated rings. The average molecular weight is 679 g/mol. The summed E-state index contributed by atoms with van der Waals surface area (Å²) in [4.78, 5) is 47.4. The molecule has 0 spiro atoms. The number of benzene rings is 1. The number of esters is 1. The van der Waals surface area contributed by atoms with Crippen LogP contribution < -0.4 is 79.5 Å². The molecule has 0 unspecified atom stereocenters. The molecule has 0 aliphatic rings. The molecule has 1 aromatic carbocycles. The van der Waals surface area contributed by atoms with Gasteiger partial charge >= 0.3 is 74.9 Å². The number of nitrogens with zero attached hydrogens (tertiary/aromatic N) is 4. The molecule has 2 N–H and O–H groups in total. The Bertz CT molecular complexity index is 1200. The maximum absolute atomic E-state index is 12.4. The molecule has 208 valence electrons. The second-order valence-corrected chi connectivity index (χ2v) is 9.24. The number of hydrogen-bond donors (Lipinski definition) is 2. The zero-order valence-corrected chi connectivity index (χ0v) is 31.2. The average Bonchev–Trinajstić information content (AvgIpc) is 3.47. The Labute approximate surface area is 293 Å². The number of aryl methyl sites for hydroxylation is 2. The molecule has 0 aliphatic heterocycles. The normalized spacial score (nSPS) is 9.92. The van der Waals surface area contributed by atoms with Crippen LogP contribution in [0.25, 0.3) is 11.4 Å². The molecule has 2 aromatic heterocycles. The first-order valence-electron chi connectivity index (χ1n) is 11.9. The van der Waals surface area contributed by atoms with Crippen LogP contribution in [0.15, 0.2) is 28.8 Å². The number of thiazole rings is 1. The largest absolute Gasteiger partial charge is 1.00 e. The molecule has 3 aromatic rings. The number of amides is 2. The van der Waals surface area contributed by atoms with E-state index in [1.165, 1.54) is 0 Å². The fourth-order valence-corrected chi connectivity index (χ4v) is 3.57. The molecule has 0 saturated heterocycles. The van der Waals surface area contributed by atoms with Crippen LogP contribution in [-0.4, -0.2) is 71.6 Å². The van der Waals surface area contributed by atoms with Gasteiger partial charge in [0.1, 0.15) is 4.88 Å². The summed E-state index contributed by atoms with van der Waals surface area (Å²) in [5.74, 6) is -0.281. The Morgan fingerprint density at radius 3 is 2.41 bits per heavy atom. The van der Waals surface area contributed by atoms with Crippen molar-refractivity contribution in [2.75, 3.05) is 39.1 Å². The van der Waals surface area contributed by atoms with Crippen LogP contribution in [-0.2, 0) is 9.53 Å². The van der Waals surface area contributed by atoms with Gasteiger partial charge in [0.05, 0.1) is 12.3 Å². The third kappa shape index (κ3) is 13.1. The van der Waals surface area contributed by atoms with Crippen molar-refractivity contribution in [3.8, 4) is 11.4 Å². The molecule has 2 amide bonds. The number of hydrogen-bond acceptors (Lipinski definition) is 10. The summed E-state index contributed by atoms with van der Waals surface area (Å²) in [5, 5.41) is 9.50. The van der Waals surface area contributed by atoms with E-state index in [9.17, 15) is 14.4 Å². The van der Waals surface area contributed by atoms with E-state index in [1.54, 1.807) is 38.1 Å². The van der Waals surface area contributed by atoms with Gasteiger partial charge in [-0.05, 0) is 46.1 Å². The molecule has 2 heterocycles. The number of rotatable bonds is 10. The van der Waals surface area contributed by atoms with Crippen molar-refractivity contribution >= 4 is 34.3 Å². The van der Waals surface area contributed by atoms with Crippen molar-refractivity contribution in [2.45, 2.75) is 40.5 Å². The minimum Gasteiger partial charge on any atom is -0.461 e. The SMILES string of the molecule is CCCOC(=O)c1sc(NC(=O)CCNC(=O)c2cccc(-c3noc(C)n3)c2)nc1C.CCN(C)C.[CH3-].[Cs+]. The summed E-state index contributed by atoms with van der Waals surface area (Å²) in [6, 6.07) is 6.80. The zero-order chi connectivity index (χ0) is 27.4. The molecule has 39 heavy (non-hydrogen) atoms. The summed E-state index contributed by atoms with van der Waals surface area (Å²) in [5.41, 5.74) is 1.56. The maximum Gasteiger partial charge on any atom is 1.00 e. The Morgan fingerprint density at radius 2 is 1.82 bits per heavy atom. The topological polar surface area (TPSA) is 140 Å². The van der Waals surface area contributed by atoms with Crippen LogP contribution in [0.3, 0.4) is 0 Å². The van der Waals surface area contributed by atoms with Gasteiger partial charge in [0.2, 0.25) is 17.6 Å². The first kappa shape index (κ1) is 37.4. The number of ether oxygens (including phenoxy) is 1. The third-order valence-corrected chi connectivity index (χ3v) is 5.90. The van der Waals surface area contributed by atoms with Crippen molar-refractivity contribution < 1.29 is 92.5 Å². The van der Waals surface area contributed by atoms with Gasteiger partial charge < -0.3 is 32.2 Å². The molecule has 0 saturated carbocycles. The van der Waals surface area contributed by atoms with Crippen LogP contribution >= 0.6 is 11.3 Å². The molecule has 11 nitrogen and oxygen atoms in total. The van der Waals surface area contributed by atoms with E-state index in [0.29, 0.717) is 45.2 Å². The number of carbonyl (C=O) groups is 3. The quantitative estimate of drug-likeness (QED) is 0.239. The monoisotopic (exact) mass is 678 g/mol. The van der Waals surface area contributed by atoms with Crippen molar-refractivity contribution in [3.05, 3.63) is 53.7 Å². The van der Waals surface area contributed by atoms with E-state index in [2.05, 4.69) is 51.7 Å². The van der Waals surface area contributed by atoms with E-state index < -0.39 is 5.97 Å². The van der Waals surface area contributed by atoms with E-state index in [4.69, 9.17) is 9.26 Å². The smallest absolute Gasteiger partial charge is 0.461 e. The van der Waals surface area contributed by atoms with Gasteiger partial charge in [0.25, 0.3) is 5.91 Å². The van der Waals surface area contributed by atoms with Crippen LogP contribution in [0.2, 0.25) is 0 Å². The van der Waals surface area contributed by atoms with Crippen molar-refractivity contribution in [3.63, 3.8) is 0 Å². The number of nitrogens with one attached hydrogen (secondary N) is 2. The van der Waals surface area contributed by atoms with E-state index in [1.807, 2.05) is 6.92 Å². The van der Waals surface area contributed by atoms with Gasteiger partial charge in [0, 0.05) is 31.0 Å². The van der Waals surface area contributed by atoms with Gasteiger partial charge in [-0.15, -0.1) is 0 Å². The summed E-state index contributed by atoms with van der Waals surface area (Å²) < 4.78 is 10.1. The second kappa shape index (κ2) is 19.5. The van der Waals surface area contributed by atoms with Gasteiger partial charge in [-0.3, -0.25) is 9.59 Å². The van der Waals surface area contributed by atoms with Crippen LogP contribution in [0.1, 0.15) is 58.3 Å². The van der Waals surface area contributed by atoms with Gasteiger partial charge in [-0.25, -0.2) is 9.78 Å². The van der Waals surface area contributed by atoms with E-state index in [0.717, 1.165) is 24.3 Å². The fraction of sp³-hybridized carbons (Fsp3) is 0.423. The first-order valence-corrected chi connectivity index (χ1v) is 12.7. The summed E-state index contributed by atoms with van der Waals surface area (Å²) in [7, 11) is 4.11. The molecule has 0 bridgehead atoms. The minimum absolute atomic E-state index is 0. The second-order valence-electron chi connectivity index (χ2n) is 8.24. The number of carbonyl (C=O) groups excluding carboxylic acids is 3. The van der Waals surface area contributed by atoms with E-state index in [-0.39, 0.29) is 101 Å². The number of anilines is 1. The Balaban J connectivity index is 0.00000189. The fourth-order valence-electron chi connectivity index (χ4n) is 2.69. The minimum atomic E-state index is -0.451. The summed E-state index contributed by atoms with van der Waals surface area (Å²) in [6.45, 7) is 8.99. The predicted octanol–water partition coefficient (Wildman–Crippen LogP) is 1.16. The third-order valence-electron chi connectivity index (χ3n) is 4.85. The number of aromatic nitrogens is 3. The molecular formula is C26H37CsN6O5S. The summed E-state index contributed by atoms with van der Waals surface area (Å²) in [6.07, 6.45) is 0.768. The van der Waals surface area contributed by atoms with Crippen LogP contribution in [0, 0.1) is 21.3 Å². The molecule has 0 radical (unpaired) electrons. The standard InChI is InChI=1S/C21H23N5O5S.C4H11N.CH3.Cs/c1-4-10-30-20(29)17-12(2)23-21(32-17)25-16(27)8-9-22-19(28)15-7-5-6-14(11-15)18-24-13(3)31-26-18;1-4-5(2)3;;/h5-7,11H,4,8-10H2,1-3H3,(H,22,28)(H,23,25,27);4H2,1-3H3;1H3;/q;;-1;+1. The van der Waals surface area contributed by atoms with Gasteiger partial charge in [-0.2, -0.15) is 4.98 Å². The summed E-state index contributed by atoms with van der Waals surface area (Å²) >= 11 is 1.06. The van der Waals surface area contributed by atoms with Crippen molar-refractivity contribution in [1.82, 2.24) is 25.3 Å². The molecule has 0 aliphatic carbocycles. The maximum atomic E-state index is 12.4. The molecule has 0 atom stereocenters. The van der Waals surface area contributed by atoms with Crippen LogP contribution in [0.4, 0.5) is 5.13 Å². The zero-order valence-electron chi connectivity index (χ0n) is 24.1. The van der Waals surface area contributed by atoms with Crippen LogP contribution in [0.5, 0.6) is 0 Å². The predicted molar refractivity (Wildman–Crippen MR) is 148 cm³/mol. The molecular weight excluding hydrogens is 641 g/mol. The van der Waals surface area contributed by atoms with Gasteiger partial charge in [-0.1, -0.05) is 42.5 Å². The van der Waals surface area contributed by atoms with E-state index >= 15 is 0 Å². The Morgan fingerprint density at radius 1 is 1.13 bits per heavy atom. The molecule has 3 rings (SSSR count). The van der Waals surface area contributed by atoms with Crippen molar-refractivity contribution in [1.29, 1.82) is 0 Å². The Kier molecular flexibility index (Phi) is 18.7. The van der Waals surface area contributed by atoms with Gasteiger partial charge in [0.15, 0.2) is 5.13 Å². The van der Waals surface area contributed by atoms with Crippen molar-refractivity contribution in [2.24, 2.45) is 0 Å². The molecule has 13 heteroatoms. The Hall–Kier alpha value is -1.59.